The van der Waals surface area contributed by atoms with Crippen molar-refractivity contribution in [2.24, 2.45) is 0 Å². The molecule has 0 saturated carbocycles. The molecule has 1 aromatic carbocycles. The average Bonchev–Trinajstić information content (AvgIpc) is 2.35. The molecule has 5 heteroatoms. The lowest BCUT2D eigenvalue weighted by molar-refractivity contribution is 0.0916. The first-order valence-electron chi connectivity index (χ1n) is 6.00. The molecule has 18 heavy (non-hydrogen) atoms. The van der Waals surface area contributed by atoms with Crippen LogP contribution in [-0.2, 0) is 0 Å². The summed E-state index contributed by atoms with van der Waals surface area (Å²) in [5.41, 5.74) is 0.684. The largest absolute Gasteiger partial charge is 0.349 e. The van der Waals surface area contributed by atoms with Crippen LogP contribution in [0.15, 0.2) is 27.1 Å². The van der Waals surface area contributed by atoms with Crippen LogP contribution < -0.4 is 5.32 Å². The summed E-state index contributed by atoms with van der Waals surface area (Å²) in [6.07, 6.45) is 2.04. The molecule has 1 N–H and O–H groups in total. The number of nitrogens with zero attached hydrogens (tertiary/aromatic N) is 1. The van der Waals surface area contributed by atoms with Gasteiger partial charge in [0.2, 0.25) is 0 Å². The van der Waals surface area contributed by atoms with Crippen molar-refractivity contribution in [1.29, 1.82) is 0 Å². The molecular weight excluding hydrogens is 360 g/mol. The van der Waals surface area contributed by atoms with Gasteiger partial charge in [0.1, 0.15) is 0 Å². The van der Waals surface area contributed by atoms with Crippen LogP contribution in [-0.4, -0.2) is 37.0 Å². The highest BCUT2D eigenvalue weighted by Crippen LogP contribution is 2.22. The first-order valence-corrected chi connectivity index (χ1v) is 7.59. The van der Waals surface area contributed by atoms with Gasteiger partial charge in [-0.15, -0.1) is 0 Å². The van der Waals surface area contributed by atoms with Crippen LogP contribution in [0.4, 0.5) is 0 Å². The second-order valence-corrected chi connectivity index (χ2v) is 6.45. The maximum Gasteiger partial charge on any atom is 0.252 e. The van der Waals surface area contributed by atoms with Crippen LogP contribution >= 0.6 is 31.9 Å². The molecule has 0 aliphatic carbocycles. The Balaban J connectivity index is 2.01. The molecule has 1 heterocycles. The van der Waals surface area contributed by atoms with E-state index in [0.29, 0.717) is 11.6 Å². The van der Waals surface area contributed by atoms with Crippen molar-refractivity contribution in [1.82, 2.24) is 10.2 Å². The van der Waals surface area contributed by atoms with E-state index in [4.69, 9.17) is 0 Å². The van der Waals surface area contributed by atoms with Gasteiger partial charge in [0, 0.05) is 15.0 Å². The lowest BCUT2D eigenvalue weighted by Gasteiger charge is -2.29. The van der Waals surface area contributed by atoms with E-state index >= 15 is 0 Å². The highest BCUT2D eigenvalue weighted by Gasteiger charge is 2.20. The number of nitrogens with one attached hydrogen (secondary N) is 1. The van der Waals surface area contributed by atoms with E-state index in [-0.39, 0.29) is 5.91 Å². The quantitative estimate of drug-likeness (QED) is 0.861. The molecule has 2 rings (SSSR count). The molecule has 1 fully saturated rings. The zero-order chi connectivity index (χ0) is 13.1. The number of rotatable bonds is 2. The Bertz CT molecular complexity index is 443. The van der Waals surface area contributed by atoms with Gasteiger partial charge in [-0.2, -0.15) is 0 Å². The van der Waals surface area contributed by atoms with Crippen molar-refractivity contribution < 1.29 is 4.79 Å². The van der Waals surface area contributed by atoms with E-state index in [9.17, 15) is 4.79 Å². The van der Waals surface area contributed by atoms with Crippen molar-refractivity contribution in [3.05, 3.63) is 32.7 Å². The fourth-order valence-corrected chi connectivity index (χ4v) is 2.88. The first-order chi connectivity index (χ1) is 8.56. The lowest BCUT2D eigenvalue weighted by Crippen LogP contribution is -2.43. The van der Waals surface area contributed by atoms with Gasteiger partial charge in [-0.05, 0) is 67.1 Å². The molecule has 98 valence electrons. The molecule has 0 atom stereocenters. The van der Waals surface area contributed by atoms with Crippen LogP contribution in [0.5, 0.6) is 0 Å². The zero-order valence-corrected chi connectivity index (χ0v) is 13.4. The number of carbonyl (C=O) groups excluding carboxylic acids is 1. The van der Waals surface area contributed by atoms with Crippen molar-refractivity contribution in [2.45, 2.75) is 18.9 Å². The Morgan fingerprint density at radius 2 is 2.00 bits per heavy atom. The predicted molar refractivity (Wildman–Crippen MR) is 79.8 cm³/mol. The van der Waals surface area contributed by atoms with Crippen LogP contribution in [0, 0.1) is 0 Å². The van der Waals surface area contributed by atoms with Gasteiger partial charge in [-0.25, -0.2) is 0 Å². The monoisotopic (exact) mass is 374 g/mol. The number of benzene rings is 1. The van der Waals surface area contributed by atoms with Gasteiger partial charge in [-0.1, -0.05) is 15.9 Å². The van der Waals surface area contributed by atoms with Crippen molar-refractivity contribution in [3.8, 4) is 0 Å². The van der Waals surface area contributed by atoms with Gasteiger partial charge in [0.05, 0.1) is 5.56 Å². The zero-order valence-electron chi connectivity index (χ0n) is 10.2. The highest BCUT2D eigenvalue weighted by atomic mass is 79.9. The minimum absolute atomic E-state index is 0.00210. The van der Waals surface area contributed by atoms with Gasteiger partial charge in [-0.3, -0.25) is 4.79 Å². The number of piperidine rings is 1. The van der Waals surface area contributed by atoms with Crippen LogP contribution in [0.25, 0.3) is 0 Å². The highest BCUT2D eigenvalue weighted by molar-refractivity contribution is 9.11. The predicted octanol–water partition coefficient (Wildman–Crippen LogP) is 3.04. The molecule has 0 aromatic heterocycles. The van der Waals surface area contributed by atoms with Gasteiger partial charge in [0.15, 0.2) is 0 Å². The third-order valence-electron chi connectivity index (χ3n) is 3.23. The summed E-state index contributed by atoms with van der Waals surface area (Å²) < 4.78 is 1.75. The maximum atomic E-state index is 12.2. The number of halogens is 2. The second-order valence-electron chi connectivity index (χ2n) is 4.68. The molecule has 1 aromatic rings. The van der Waals surface area contributed by atoms with E-state index in [2.05, 4.69) is 49.1 Å². The maximum absolute atomic E-state index is 12.2. The summed E-state index contributed by atoms with van der Waals surface area (Å²) >= 11 is 6.81. The Morgan fingerprint density at radius 3 is 2.67 bits per heavy atom. The lowest BCUT2D eigenvalue weighted by atomic mass is 10.0. The minimum atomic E-state index is -0.00210. The number of hydrogen-bond acceptors (Lipinski definition) is 2. The standard InChI is InChI=1S/C13H16Br2N2O/c1-17-6-4-10(5-7-17)16-13(18)11-8-9(14)2-3-12(11)15/h2-3,8,10H,4-7H2,1H3,(H,16,18). The van der Waals surface area contributed by atoms with Crippen LogP contribution in [0.2, 0.25) is 0 Å². The molecule has 0 radical (unpaired) electrons. The average molecular weight is 376 g/mol. The third kappa shape index (κ3) is 3.56. The van der Waals surface area contributed by atoms with Crippen molar-refractivity contribution in [2.75, 3.05) is 20.1 Å². The first kappa shape index (κ1) is 14.0. The van der Waals surface area contributed by atoms with Gasteiger partial charge < -0.3 is 10.2 Å². The topological polar surface area (TPSA) is 32.3 Å². The Labute approximate surface area is 124 Å². The number of amides is 1. The van der Waals surface area contributed by atoms with Crippen LogP contribution in [0.3, 0.4) is 0 Å². The molecule has 3 nitrogen and oxygen atoms in total. The Hall–Kier alpha value is -0.390. The van der Waals surface area contributed by atoms with Gasteiger partial charge in [0.25, 0.3) is 5.91 Å². The third-order valence-corrected chi connectivity index (χ3v) is 4.41. The van der Waals surface area contributed by atoms with E-state index in [1.54, 1.807) is 0 Å². The number of hydrogen-bond donors (Lipinski definition) is 1. The summed E-state index contributed by atoms with van der Waals surface area (Å²) in [5, 5.41) is 3.11. The van der Waals surface area contributed by atoms with Crippen molar-refractivity contribution in [3.63, 3.8) is 0 Å². The Kier molecular flexibility index (Phi) is 4.81. The van der Waals surface area contributed by atoms with E-state index in [1.807, 2.05) is 18.2 Å². The molecule has 1 aliphatic heterocycles. The smallest absolute Gasteiger partial charge is 0.252 e. The summed E-state index contributed by atoms with van der Waals surface area (Å²) in [7, 11) is 2.11. The van der Waals surface area contributed by atoms with Crippen LogP contribution in [0.1, 0.15) is 23.2 Å². The van der Waals surface area contributed by atoms with Crippen molar-refractivity contribution >= 4 is 37.8 Å². The fourth-order valence-electron chi connectivity index (χ4n) is 2.09. The molecule has 0 bridgehead atoms. The molecular formula is C13H16Br2N2O. The number of carbonyl (C=O) groups is 1. The molecule has 0 unspecified atom stereocenters. The summed E-state index contributed by atoms with van der Waals surface area (Å²) in [4.78, 5) is 14.5. The molecule has 1 amide bonds. The molecule has 0 spiro atoms. The van der Waals surface area contributed by atoms with E-state index < -0.39 is 0 Å². The van der Waals surface area contributed by atoms with E-state index in [1.165, 1.54) is 0 Å². The summed E-state index contributed by atoms with van der Waals surface area (Å²) in [6, 6.07) is 5.93. The van der Waals surface area contributed by atoms with E-state index in [0.717, 1.165) is 34.9 Å². The normalized spacial score (nSPS) is 17.7. The Morgan fingerprint density at radius 1 is 1.33 bits per heavy atom. The summed E-state index contributed by atoms with van der Waals surface area (Å²) in [5.74, 6) is -0.00210. The minimum Gasteiger partial charge on any atom is -0.349 e. The van der Waals surface area contributed by atoms with Gasteiger partial charge >= 0.3 is 0 Å². The fraction of sp³-hybridized carbons (Fsp3) is 0.462. The number of likely N-dealkylation sites (tertiary alicyclic amines) is 1. The molecule has 1 saturated heterocycles. The second kappa shape index (κ2) is 6.17. The summed E-state index contributed by atoms with van der Waals surface area (Å²) in [6.45, 7) is 2.09. The SMILES string of the molecule is CN1CCC(NC(=O)c2cc(Br)ccc2Br)CC1. The molecule has 1 aliphatic rings.